The number of carbonyl (C=O) groups excluding carboxylic acids is 1. The van der Waals surface area contributed by atoms with E-state index in [1.807, 2.05) is 4.90 Å². The molecule has 2 aliphatic heterocycles. The lowest BCUT2D eigenvalue weighted by Gasteiger charge is -2.24. The Morgan fingerprint density at radius 3 is 2.81 bits per heavy atom. The summed E-state index contributed by atoms with van der Waals surface area (Å²) < 4.78 is 39.8. The number of carbonyl (C=O) groups is 1. The van der Waals surface area contributed by atoms with Crippen molar-refractivity contribution >= 4 is 17.6 Å². The number of guanidine groups is 1. The zero-order valence-corrected chi connectivity index (χ0v) is 14.7. The molecular weight excluding hydrogens is 359 g/mol. The van der Waals surface area contributed by atoms with E-state index in [9.17, 15) is 18.0 Å². The summed E-state index contributed by atoms with van der Waals surface area (Å²) in [5, 5.41) is 6.07. The summed E-state index contributed by atoms with van der Waals surface area (Å²) in [7, 11) is 0. The van der Waals surface area contributed by atoms with Gasteiger partial charge in [-0.3, -0.25) is 10.1 Å². The Morgan fingerprint density at radius 2 is 2.11 bits per heavy atom. The van der Waals surface area contributed by atoms with Crippen LogP contribution in [0.3, 0.4) is 0 Å². The van der Waals surface area contributed by atoms with Crippen molar-refractivity contribution in [2.45, 2.75) is 31.6 Å². The molecule has 1 atom stereocenters. The topological polar surface area (TPSA) is 82.8 Å². The van der Waals surface area contributed by atoms with Crippen LogP contribution in [0.5, 0.6) is 0 Å². The molecule has 0 bridgehead atoms. The van der Waals surface area contributed by atoms with Crippen molar-refractivity contribution in [2.75, 3.05) is 19.6 Å². The maximum Gasteiger partial charge on any atom is 0.417 e. The highest BCUT2D eigenvalue weighted by Crippen LogP contribution is 2.35. The third-order valence-corrected chi connectivity index (χ3v) is 4.52. The van der Waals surface area contributed by atoms with E-state index in [0.29, 0.717) is 19.5 Å². The van der Waals surface area contributed by atoms with Gasteiger partial charge in [-0.2, -0.15) is 13.2 Å². The highest BCUT2D eigenvalue weighted by atomic mass is 19.4. The molecule has 6 nitrogen and oxygen atoms in total. The van der Waals surface area contributed by atoms with Crippen LogP contribution in [-0.4, -0.2) is 42.6 Å². The molecule has 146 valence electrons. The van der Waals surface area contributed by atoms with E-state index >= 15 is 0 Å². The van der Waals surface area contributed by atoms with Crippen LogP contribution in [-0.2, 0) is 11.0 Å². The van der Waals surface area contributed by atoms with E-state index in [1.165, 1.54) is 18.2 Å². The van der Waals surface area contributed by atoms with Crippen molar-refractivity contribution in [1.29, 1.82) is 0 Å². The van der Waals surface area contributed by atoms with Gasteiger partial charge in [0.1, 0.15) is 6.17 Å². The fraction of sp³-hybridized carbons (Fsp3) is 0.444. The zero-order valence-electron chi connectivity index (χ0n) is 14.7. The molecule has 0 radical (unpaired) electrons. The molecule has 1 unspecified atom stereocenters. The number of rotatable bonds is 6. The van der Waals surface area contributed by atoms with E-state index in [4.69, 9.17) is 5.73 Å². The van der Waals surface area contributed by atoms with Crippen molar-refractivity contribution in [3.8, 4) is 0 Å². The maximum absolute atomic E-state index is 13.3. The summed E-state index contributed by atoms with van der Waals surface area (Å²) in [6.07, 6.45) is -1.08. The fourth-order valence-corrected chi connectivity index (χ4v) is 3.24. The summed E-state index contributed by atoms with van der Waals surface area (Å²) in [6, 6.07) is 5.29. The predicted octanol–water partition coefficient (Wildman–Crippen LogP) is 1.89. The van der Waals surface area contributed by atoms with Crippen LogP contribution < -0.4 is 16.4 Å². The molecule has 1 saturated heterocycles. The zero-order chi connectivity index (χ0) is 19.4. The van der Waals surface area contributed by atoms with Gasteiger partial charge in [-0.1, -0.05) is 18.2 Å². The fourth-order valence-electron chi connectivity index (χ4n) is 3.24. The molecule has 1 aromatic carbocycles. The van der Waals surface area contributed by atoms with Gasteiger partial charge in [-0.25, -0.2) is 4.99 Å². The van der Waals surface area contributed by atoms with Gasteiger partial charge in [0.25, 0.3) is 0 Å². The Labute approximate surface area is 155 Å². The molecular formula is C18H22F3N5O. The Balaban J connectivity index is 1.65. The average Bonchev–Trinajstić information content (AvgIpc) is 3.02. The number of nitrogens with two attached hydrogens (primary N) is 1. The lowest BCUT2D eigenvalue weighted by Crippen LogP contribution is -2.49. The monoisotopic (exact) mass is 381 g/mol. The summed E-state index contributed by atoms with van der Waals surface area (Å²) in [5.41, 5.74) is 5.17. The number of nitrogens with one attached hydrogen (secondary N) is 2. The van der Waals surface area contributed by atoms with Crippen LogP contribution in [0.2, 0.25) is 0 Å². The van der Waals surface area contributed by atoms with E-state index in [1.54, 1.807) is 6.08 Å². The number of aliphatic imine (C=N–C) groups is 1. The molecule has 1 fully saturated rings. The van der Waals surface area contributed by atoms with Crippen molar-refractivity contribution in [3.63, 3.8) is 0 Å². The average molecular weight is 381 g/mol. The smallest absolute Gasteiger partial charge is 0.370 e. The first kappa shape index (κ1) is 19.2. The lowest BCUT2D eigenvalue weighted by atomic mass is 10.0. The Hall–Kier alpha value is -2.55. The van der Waals surface area contributed by atoms with Crippen LogP contribution in [0.25, 0.3) is 5.70 Å². The molecule has 4 N–H and O–H groups in total. The number of likely N-dealkylation sites (tertiary alicyclic amines) is 1. The van der Waals surface area contributed by atoms with Crippen molar-refractivity contribution < 1.29 is 18.0 Å². The van der Waals surface area contributed by atoms with Gasteiger partial charge in [-0.05, 0) is 31.5 Å². The van der Waals surface area contributed by atoms with Gasteiger partial charge in [0.05, 0.1) is 11.3 Å². The Morgan fingerprint density at radius 1 is 1.33 bits per heavy atom. The van der Waals surface area contributed by atoms with Gasteiger partial charge >= 0.3 is 6.18 Å². The van der Waals surface area contributed by atoms with E-state index in [-0.39, 0.29) is 23.1 Å². The van der Waals surface area contributed by atoms with Crippen molar-refractivity contribution in [2.24, 2.45) is 10.7 Å². The number of halogens is 3. The SMILES string of the molecule is NC1=NC(c2ccccc2C(F)(F)F)=CC(NCCCN2CCCC2=O)N1. The second-order valence-corrected chi connectivity index (χ2v) is 6.51. The molecule has 9 heteroatoms. The van der Waals surface area contributed by atoms with Gasteiger partial charge in [0.2, 0.25) is 5.91 Å². The number of amides is 1. The number of hydrogen-bond donors (Lipinski definition) is 3. The third-order valence-electron chi connectivity index (χ3n) is 4.52. The lowest BCUT2D eigenvalue weighted by molar-refractivity contribution is -0.137. The van der Waals surface area contributed by atoms with E-state index in [0.717, 1.165) is 25.5 Å². The molecule has 0 aromatic heterocycles. The van der Waals surface area contributed by atoms with Crippen molar-refractivity contribution in [1.82, 2.24) is 15.5 Å². The second kappa shape index (κ2) is 7.99. The molecule has 1 aromatic rings. The molecule has 1 amide bonds. The van der Waals surface area contributed by atoms with Gasteiger partial charge < -0.3 is 16.0 Å². The normalized spacial score (nSPS) is 20.3. The van der Waals surface area contributed by atoms with Crippen molar-refractivity contribution in [3.05, 3.63) is 41.5 Å². The number of alkyl halides is 3. The minimum atomic E-state index is -4.47. The molecule has 0 spiro atoms. The standard InChI is InChI=1S/C18H22F3N5O/c19-18(20,21)13-6-2-1-5-12(13)14-11-15(25-17(22)24-14)23-8-4-10-26-9-3-7-16(26)27/h1-2,5-6,11,15,23H,3-4,7-10H2,(H3,22,24,25). The first-order valence-corrected chi connectivity index (χ1v) is 8.85. The Bertz CT molecular complexity index is 760. The quantitative estimate of drug-likeness (QED) is 0.658. The molecule has 3 rings (SSSR count). The second-order valence-electron chi connectivity index (χ2n) is 6.51. The number of hydrogen-bond acceptors (Lipinski definition) is 5. The summed E-state index contributed by atoms with van der Waals surface area (Å²) in [4.78, 5) is 17.4. The van der Waals surface area contributed by atoms with Gasteiger partial charge in [-0.15, -0.1) is 0 Å². The van der Waals surface area contributed by atoms with Gasteiger partial charge in [0, 0.05) is 25.1 Å². The Kier molecular flexibility index (Phi) is 5.69. The first-order valence-electron chi connectivity index (χ1n) is 8.85. The van der Waals surface area contributed by atoms with Crippen LogP contribution in [0.4, 0.5) is 13.2 Å². The summed E-state index contributed by atoms with van der Waals surface area (Å²) in [6.45, 7) is 2.04. The summed E-state index contributed by atoms with van der Waals surface area (Å²) in [5.74, 6) is 0.227. The largest absolute Gasteiger partial charge is 0.417 e. The molecule has 0 saturated carbocycles. The van der Waals surface area contributed by atoms with Crippen LogP contribution in [0.15, 0.2) is 35.3 Å². The summed E-state index contributed by atoms with van der Waals surface area (Å²) >= 11 is 0. The van der Waals surface area contributed by atoms with E-state index in [2.05, 4.69) is 15.6 Å². The number of benzene rings is 1. The van der Waals surface area contributed by atoms with E-state index < -0.39 is 17.9 Å². The molecule has 2 heterocycles. The minimum absolute atomic E-state index is 0.0103. The highest BCUT2D eigenvalue weighted by Gasteiger charge is 2.34. The predicted molar refractivity (Wildman–Crippen MR) is 96.4 cm³/mol. The molecule has 2 aliphatic rings. The first-order chi connectivity index (χ1) is 12.8. The van der Waals surface area contributed by atoms with Crippen LogP contribution in [0.1, 0.15) is 30.4 Å². The van der Waals surface area contributed by atoms with Gasteiger partial charge in [0.15, 0.2) is 5.96 Å². The maximum atomic E-state index is 13.3. The number of nitrogens with zero attached hydrogens (tertiary/aromatic N) is 2. The minimum Gasteiger partial charge on any atom is -0.370 e. The molecule has 27 heavy (non-hydrogen) atoms. The third kappa shape index (κ3) is 4.79. The highest BCUT2D eigenvalue weighted by molar-refractivity contribution is 5.88. The van der Waals surface area contributed by atoms with Crippen LogP contribution >= 0.6 is 0 Å². The molecule has 0 aliphatic carbocycles. The van der Waals surface area contributed by atoms with Crippen LogP contribution in [0, 0.1) is 0 Å².